The number of anilines is 2. The Labute approximate surface area is 63.9 Å². The monoisotopic (exact) mass is 154 g/mol. The first-order chi connectivity index (χ1) is 5.29. The van der Waals surface area contributed by atoms with Crippen molar-refractivity contribution in [2.24, 2.45) is 11.7 Å². The number of phenols is 1. The Morgan fingerprint density at radius 2 is 1.91 bits per heavy atom. The van der Waals surface area contributed by atoms with Crippen LogP contribution in [-0.2, 0) is 0 Å². The van der Waals surface area contributed by atoms with E-state index in [4.69, 9.17) is 11.7 Å². The zero-order valence-electron chi connectivity index (χ0n) is 5.83. The summed E-state index contributed by atoms with van der Waals surface area (Å²) in [7, 11) is 0. The van der Waals surface area contributed by atoms with Crippen molar-refractivity contribution >= 4 is 11.4 Å². The van der Waals surface area contributed by atoms with E-state index < -0.39 is 0 Å². The van der Waals surface area contributed by atoms with Crippen molar-refractivity contribution in [3.63, 3.8) is 0 Å². The first kappa shape index (κ1) is 7.64. The molecule has 1 rings (SSSR count). The van der Waals surface area contributed by atoms with Crippen LogP contribution < -0.4 is 22.5 Å². The molecule has 11 heavy (non-hydrogen) atoms. The van der Waals surface area contributed by atoms with Gasteiger partial charge >= 0.3 is 0 Å². The lowest BCUT2D eigenvalue weighted by molar-refractivity contribution is 0.477. The van der Waals surface area contributed by atoms with Gasteiger partial charge < -0.3 is 16.0 Å². The highest BCUT2D eigenvalue weighted by Gasteiger charge is 2.02. The third-order valence-corrected chi connectivity index (χ3v) is 1.34. The molecule has 0 radical (unpaired) electrons. The Balaban J connectivity index is 3.13. The van der Waals surface area contributed by atoms with Crippen molar-refractivity contribution in [2.75, 3.05) is 10.9 Å². The first-order valence-corrected chi connectivity index (χ1v) is 3.04. The lowest BCUT2D eigenvalue weighted by Gasteiger charge is -2.08. The molecule has 0 saturated heterocycles. The number of aromatic hydroxyl groups is 1. The normalized spacial score (nSPS) is 9.27. The van der Waals surface area contributed by atoms with Crippen molar-refractivity contribution < 1.29 is 5.11 Å². The van der Waals surface area contributed by atoms with Gasteiger partial charge in [-0.2, -0.15) is 0 Å². The van der Waals surface area contributed by atoms with E-state index in [1.54, 1.807) is 12.1 Å². The highest BCUT2D eigenvalue weighted by Crippen LogP contribution is 2.29. The molecule has 0 spiro atoms. The van der Waals surface area contributed by atoms with Crippen LogP contribution in [0.3, 0.4) is 0 Å². The lowest BCUT2D eigenvalue weighted by atomic mass is 10.2. The summed E-state index contributed by atoms with van der Waals surface area (Å²) in [6.45, 7) is 0. The summed E-state index contributed by atoms with van der Waals surface area (Å²) in [5, 5.41) is 9.18. The summed E-state index contributed by atoms with van der Waals surface area (Å²) in [4.78, 5) is 0. The highest BCUT2D eigenvalue weighted by molar-refractivity contribution is 5.74. The van der Waals surface area contributed by atoms with Crippen molar-refractivity contribution in [3.8, 4) is 5.75 Å². The number of nitrogens with one attached hydrogen (secondary N) is 2. The summed E-state index contributed by atoms with van der Waals surface area (Å²) >= 11 is 0. The number of phenolic OH excluding ortho intramolecular Hbond substituents is 1. The molecular formula is C6H10N4O. The predicted octanol–water partition coefficient (Wildman–Crippen LogP) is -0.0366. The molecule has 0 amide bonds. The van der Waals surface area contributed by atoms with Gasteiger partial charge in [-0.3, -0.25) is 11.7 Å². The average molecular weight is 154 g/mol. The van der Waals surface area contributed by atoms with Crippen LogP contribution in [0.25, 0.3) is 0 Å². The van der Waals surface area contributed by atoms with E-state index in [9.17, 15) is 5.11 Å². The number of benzene rings is 1. The minimum Gasteiger partial charge on any atom is -0.506 e. The minimum atomic E-state index is 0.0583. The second-order valence-electron chi connectivity index (χ2n) is 1.99. The summed E-state index contributed by atoms with van der Waals surface area (Å²) in [6.07, 6.45) is 0. The van der Waals surface area contributed by atoms with Crippen LogP contribution in [0.2, 0.25) is 0 Å². The molecule has 1 aromatic carbocycles. The molecule has 0 aromatic heterocycles. The highest BCUT2D eigenvalue weighted by atomic mass is 16.3. The van der Waals surface area contributed by atoms with Gasteiger partial charge in [0.1, 0.15) is 11.4 Å². The number of hydrogen-bond acceptors (Lipinski definition) is 5. The molecule has 0 aliphatic rings. The number of rotatable bonds is 2. The van der Waals surface area contributed by atoms with Gasteiger partial charge in [-0.05, 0) is 12.1 Å². The number of hydrazine groups is 2. The van der Waals surface area contributed by atoms with Crippen LogP contribution in [0.4, 0.5) is 11.4 Å². The van der Waals surface area contributed by atoms with E-state index in [1.807, 2.05) is 0 Å². The van der Waals surface area contributed by atoms with E-state index in [1.165, 1.54) is 6.07 Å². The van der Waals surface area contributed by atoms with Crippen LogP contribution in [-0.4, -0.2) is 5.11 Å². The second-order valence-corrected chi connectivity index (χ2v) is 1.99. The molecule has 0 fully saturated rings. The van der Waals surface area contributed by atoms with E-state index in [0.717, 1.165) is 0 Å². The number of nitrogens with two attached hydrogens (primary N) is 2. The topological polar surface area (TPSA) is 96.3 Å². The van der Waals surface area contributed by atoms with Crippen molar-refractivity contribution in [3.05, 3.63) is 18.2 Å². The molecule has 60 valence electrons. The van der Waals surface area contributed by atoms with Gasteiger partial charge in [0, 0.05) is 0 Å². The molecule has 0 saturated carbocycles. The number of hydrogen-bond donors (Lipinski definition) is 5. The van der Waals surface area contributed by atoms with E-state index in [2.05, 4.69) is 10.9 Å². The molecule has 5 heteroatoms. The van der Waals surface area contributed by atoms with E-state index in [-0.39, 0.29) is 5.75 Å². The third-order valence-electron chi connectivity index (χ3n) is 1.34. The van der Waals surface area contributed by atoms with Crippen molar-refractivity contribution in [2.45, 2.75) is 0 Å². The maximum atomic E-state index is 9.18. The maximum Gasteiger partial charge on any atom is 0.142 e. The Hall–Kier alpha value is -1.46. The van der Waals surface area contributed by atoms with Crippen molar-refractivity contribution in [1.29, 1.82) is 0 Å². The molecule has 0 atom stereocenters. The molecule has 0 aliphatic carbocycles. The molecule has 0 heterocycles. The first-order valence-electron chi connectivity index (χ1n) is 3.04. The van der Waals surface area contributed by atoms with Gasteiger partial charge in [-0.25, -0.2) is 0 Å². The van der Waals surface area contributed by atoms with Gasteiger partial charge in [-0.1, -0.05) is 6.07 Å². The summed E-state index contributed by atoms with van der Waals surface area (Å²) < 4.78 is 0. The summed E-state index contributed by atoms with van der Waals surface area (Å²) in [5.74, 6) is 10.3. The predicted molar refractivity (Wildman–Crippen MR) is 43.7 cm³/mol. The lowest BCUT2D eigenvalue weighted by Crippen LogP contribution is -2.13. The van der Waals surface area contributed by atoms with Crippen LogP contribution in [0, 0.1) is 0 Å². The van der Waals surface area contributed by atoms with Gasteiger partial charge in [0.2, 0.25) is 0 Å². The molecule has 0 aliphatic heterocycles. The maximum absolute atomic E-state index is 9.18. The largest absolute Gasteiger partial charge is 0.506 e. The molecular weight excluding hydrogens is 144 g/mol. The SMILES string of the molecule is NNc1cccc(O)c1NN. The zero-order chi connectivity index (χ0) is 8.27. The third kappa shape index (κ3) is 1.34. The Morgan fingerprint density at radius 3 is 2.36 bits per heavy atom. The average Bonchev–Trinajstić information content (AvgIpc) is 2.04. The number of nitrogen functional groups attached to an aromatic ring is 2. The van der Waals surface area contributed by atoms with Crippen LogP contribution in [0.15, 0.2) is 18.2 Å². The van der Waals surface area contributed by atoms with Gasteiger partial charge in [-0.15, -0.1) is 0 Å². The molecule has 0 bridgehead atoms. The smallest absolute Gasteiger partial charge is 0.142 e. The fraction of sp³-hybridized carbons (Fsp3) is 0. The van der Waals surface area contributed by atoms with Crippen LogP contribution in [0.5, 0.6) is 5.75 Å². The summed E-state index contributed by atoms with van der Waals surface area (Å²) in [5.41, 5.74) is 5.64. The zero-order valence-corrected chi connectivity index (χ0v) is 5.83. The van der Waals surface area contributed by atoms with Crippen LogP contribution in [0.1, 0.15) is 0 Å². The Morgan fingerprint density at radius 1 is 1.18 bits per heavy atom. The molecule has 5 nitrogen and oxygen atoms in total. The Kier molecular flexibility index (Phi) is 2.15. The molecule has 1 aromatic rings. The second kappa shape index (κ2) is 3.09. The fourth-order valence-corrected chi connectivity index (χ4v) is 0.812. The quantitative estimate of drug-likeness (QED) is 0.234. The number of para-hydroxylation sites is 1. The van der Waals surface area contributed by atoms with Gasteiger partial charge in [0.05, 0.1) is 5.69 Å². The van der Waals surface area contributed by atoms with Gasteiger partial charge in [0.25, 0.3) is 0 Å². The van der Waals surface area contributed by atoms with Crippen LogP contribution >= 0.6 is 0 Å². The Bertz CT molecular complexity index is 250. The minimum absolute atomic E-state index is 0.0583. The molecule has 0 unspecified atom stereocenters. The van der Waals surface area contributed by atoms with Crippen molar-refractivity contribution in [1.82, 2.24) is 0 Å². The standard InChI is InChI=1S/C6H10N4O/c7-9-4-2-1-3-5(11)6(4)10-8/h1-3,9-11H,7-8H2. The van der Waals surface area contributed by atoms with Gasteiger partial charge in [0.15, 0.2) is 0 Å². The van der Waals surface area contributed by atoms with E-state index in [0.29, 0.717) is 11.4 Å². The summed E-state index contributed by atoms with van der Waals surface area (Å²) in [6, 6.07) is 4.86. The fourth-order valence-electron chi connectivity index (χ4n) is 0.812. The van der Waals surface area contributed by atoms with E-state index >= 15 is 0 Å². The molecule has 7 N–H and O–H groups in total.